The molecular weight excluding hydrogens is 433 g/mol. The van der Waals surface area contributed by atoms with Gasteiger partial charge in [0.15, 0.2) is 0 Å². The van der Waals surface area contributed by atoms with E-state index < -0.39 is 0 Å². The SMILES string of the molecule is CCCCCCCNCc1cc(Br)ccc1OCc1ccc(Cl)cc1Cl. The highest BCUT2D eigenvalue weighted by atomic mass is 79.9. The Balaban J connectivity index is 1.88. The molecule has 0 atom stereocenters. The van der Waals surface area contributed by atoms with E-state index >= 15 is 0 Å². The van der Waals surface area contributed by atoms with Crippen molar-refractivity contribution in [1.29, 1.82) is 0 Å². The molecule has 0 aliphatic rings. The van der Waals surface area contributed by atoms with E-state index in [0.717, 1.165) is 34.4 Å². The van der Waals surface area contributed by atoms with Crippen LogP contribution in [0.1, 0.15) is 50.2 Å². The van der Waals surface area contributed by atoms with Crippen LogP contribution in [0.2, 0.25) is 10.0 Å². The van der Waals surface area contributed by atoms with Gasteiger partial charge in [0.05, 0.1) is 0 Å². The first-order valence-electron chi connectivity index (χ1n) is 9.16. The molecule has 0 saturated heterocycles. The van der Waals surface area contributed by atoms with Crippen LogP contribution in [0, 0.1) is 0 Å². The van der Waals surface area contributed by atoms with Gasteiger partial charge in [-0.2, -0.15) is 0 Å². The van der Waals surface area contributed by atoms with Crippen LogP contribution in [0.5, 0.6) is 5.75 Å². The minimum Gasteiger partial charge on any atom is -0.489 e. The number of hydrogen-bond acceptors (Lipinski definition) is 2. The van der Waals surface area contributed by atoms with Crippen LogP contribution < -0.4 is 10.1 Å². The van der Waals surface area contributed by atoms with Crippen molar-refractivity contribution in [2.24, 2.45) is 0 Å². The number of benzene rings is 2. The van der Waals surface area contributed by atoms with Gasteiger partial charge in [-0.05, 0) is 43.3 Å². The molecule has 26 heavy (non-hydrogen) atoms. The van der Waals surface area contributed by atoms with Crippen molar-refractivity contribution in [3.05, 3.63) is 62.0 Å². The number of hydrogen-bond donors (Lipinski definition) is 1. The molecule has 0 unspecified atom stereocenters. The predicted octanol–water partition coefficient (Wildman–Crippen LogP) is 7.39. The van der Waals surface area contributed by atoms with E-state index in [1.165, 1.54) is 32.1 Å². The van der Waals surface area contributed by atoms with E-state index in [1.807, 2.05) is 24.3 Å². The Kier molecular flexibility index (Phi) is 9.84. The van der Waals surface area contributed by atoms with Gasteiger partial charge in [-0.15, -0.1) is 0 Å². The van der Waals surface area contributed by atoms with Gasteiger partial charge < -0.3 is 10.1 Å². The summed E-state index contributed by atoms with van der Waals surface area (Å²) in [5.74, 6) is 0.873. The fourth-order valence-electron chi connectivity index (χ4n) is 2.70. The first kappa shape index (κ1) is 21.6. The lowest BCUT2D eigenvalue weighted by Gasteiger charge is -2.14. The molecule has 5 heteroatoms. The van der Waals surface area contributed by atoms with E-state index in [9.17, 15) is 0 Å². The average molecular weight is 459 g/mol. The third-order valence-electron chi connectivity index (χ3n) is 4.19. The molecule has 0 radical (unpaired) electrons. The lowest BCUT2D eigenvalue weighted by molar-refractivity contribution is 0.302. The van der Waals surface area contributed by atoms with Gasteiger partial charge in [-0.25, -0.2) is 0 Å². The summed E-state index contributed by atoms with van der Waals surface area (Å²) in [4.78, 5) is 0. The van der Waals surface area contributed by atoms with Crippen LogP contribution in [0.3, 0.4) is 0 Å². The van der Waals surface area contributed by atoms with Crippen molar-refractivity contribution in [3.63, 3.8) is 0 Å². The summed E-state index contributed by atoms with van der Waals surface area (Å²) in [7, 11) is 0. The highest BCUT2D eigenvalue weighted by Gasteiger charge is 2.07. The topological polar surface area (TPSA) is 21.3 Å². The summed E-state index contributed by atoms with van der Waals surface area (Å²) in [6, 6.07) is 11.6. The van der Waals surface area contributed by atoms with Gasteiger partial charge in [-0.1, -0.05) is 77.8 Å². The third-order valence-corrected chi connectivity index (χ3v) is 5.27. The van der Waals surface area contributed by atoms with Gasteiger partial charge in [0.2, 0.25) is 0 Å². The maximum absolute atomic E-state index is 6.23. The lowest BCUT2D eigenvalue weighted by atomic mass is 10.1. The zero-order valence-corrected chi connectivity index (χ0v) is 18.3. The molecular formula is C21H26BrCl2NO. The molecule has 2 aromatic carbocycles. The Hall–Kier alpha value is -0.740. The molecule has 0 bridgehead atoms. The molecule has 2 rings (SSSR count). The summed E-state index contributed by atoms with van der Waals surface area (Å²) in [6.45, 7) is 4.47. The van der Waals surface area contributed by atoms with Crippen LogP contribution in [0.15, 0.2) is 40.9 Å². The highest BCUT2D eigenvalue weighted by molar-refractivity contribution is 9.10. The van der Waals surface area contributed by atoms with Crippen LogP contribution in [-0.2, 0) is 13.2 Å². The van der Waals surface area contributed by atoms with Crippen molar-refractivity contribution in [1.82, 2.24) is 5.32 Å². The largest absolute Gasteiger partial charge is 0.489 e. The third kappa shape index (κ3) is 7.48. The Bertz CT molecular complexity index is 694. The molecule has 2 aromatic rings. The summed E-state index contributed by atoms with van der Waals surface area (Å²) < 4.78 is 7.07. The van der Waals surface area contributed by atoms with Crippen LogP contribution in [0.4, 0.5) is 0 Å². The Labute approximate surface area is 175 Å². The molecule has 0 aliphatic carbocycles. The molecule has 0 spiro atoms. The van der Waals surface area contributed by atoms with Crippen molar-refractivity contribution in [3.8, 4) is 5.75 Å². The van der Waals surface area contributed by atoms with Crippen LogP contribution in [-0.4, -0.2) is 6.54 Å². The molecule has 0 saturated carbocycles. The molecule has 2 nitrogen and oxygen atoms in total. The van der Waals surface area contributed by atoms with Crippen molar-refractivity contribution in [2.45, 2.75) is 52.2 Å². The first-order chi connectivity index (χ1) is 12.6. The van der Waals surface area contributed by atoms with E-state index in [4.69, 9.17) is 27.9 Å². The normalized spacial score (nSPS) is 10.9. The smallest absolute Gasteiger partial charge is 0.124 e. The Morgan fingerprint density at radius 1 is 0.962 bits per heavy atom. The maximum Gasteiger partial charge on any atom is 0.124 e. The molecule has 0 amide bonds. The molecule has 1 N–H and O–H groups in total. The molecule has 0 heterocycles. The standard InChI is InChI=1S/C21H26BrCl2NO/c1-2-3-4-5-6-11-25-14-17-12-18(22)8-10-21(17)26-15-16-7-9-19(23)13-20(16)24/h7-10,12-13,25H,2-6,11,14-15H2,1H3. The average Bonchev–Trinajstić information content (AvgIpc) is 2.61. The second kappa shape index (κ2) is 11.9. The molecule has 0 aromatic heterocycles. The molecule has 0 aliphatic heterocycles. The number of halogens is 3. The quantitative estimate of drug-likeness (QED) is 0.354. The zero-order valence-electron chi connectivity index (χ0n) is 15.2. The summed E-state index contributed by atoms with van der Waals surface area (Å²) >= 11 is 15.7. The monoisotopic (exact) mass is 457 g/mol. The minimum atomic E-state index is 0.418. The van der Waals surface area contributed by atoms with Gasteiger partial charge in [0.25, 0.3) is 0 Å². The van der Waals surface area contributed by atoms with Crippen LogP contribution >= 0.6 is 39.1 Å². The van der Waals surface area contributed by atoms with E-state index in [0.29, 0.717) is 16.7 Å². The maximum atomic E-state index is 6.23. The van der Waals surface area contributed by atoms with Crippen molar-refractivity contribution in [2.75, 3.05) is 6.54 Å². The number of unbranched alkanes of at least 4 members (excludes halogenated alkanes) is 4. The molecule has 0 fully saturated rings. The fourth-order valence-corrected chi connectivity index (χ4v) is 3.57. The van der Waals surface area contributed by atoms with Gasteiger partial charge >= 0.3 is 0 Å². The second-order valence-corrected chi connectivity index (χ2v) is 8.13. The fraction of sp³-hybridized carbons (Fsp3) is 0.429. The van der Waals surface area contributed by atoms with Gasteiger partial charge in [-0.3, -0.25) is 0 Å². The molecule has 142 valence electrons. The summed E-state index contributed by atoms with van der Waals surface area (Å²) in [6.07, 6.45) is 6.44. The summed E-state index contributed by atoms with van der Waals surface area (Å²) in [5, 5.41) is 4.78. The van der Waals surface area contributed by atoms with Crippen LogP contribution in [0.25, 0.3) is 0 Å². The predicted molar refractivity (Wildman–Crippen MR) is 115 cm³/mol. The van der Waals surface area contributed by atoms with Crippen molar-refractivity contribution < 1.29 is 4.74 Å². The Morgan fingerprint density at radius 2 is 1.77 bits per heavy atom. The zero-order chi connectivity index (χ0) is 18.8. The van der Waals surface area contributed by atoms with E-state index in [1.54, 1.807) is 6.07 Å². The number of rotatable bonds is 11. The number of nitrogens with one attached hydrogen (secondary N) is 1. The van der Waals surface area contributed by atoms with E-state index in [2.05, 4.69) is 34.2 Å². The first-order valence-corrected chi connectivity index (χ1v) is 10.7. The van der Waals surface area contributed by atoms with Gasteiger partial charge in [0.1, 0.15) is 12.4 Å². The summed E-state index contributed by atoms with van der Waals surface area (Å²) in [5.41, 5.74) is 2.06. The van der Waals surface area contributed by atoms with Crippen molar-refractivity contribution >= 4 is 39.1 Å². The Morgan fingerprint density at radius 3 is 2.54 bits per heavy atom. The second-order valence-electron chi connectivity index (χ2n) is 6.37. The number of ether oxygens (including phenoxy) is 1. The minimum absolute atomic E-state index is 0.418. The van der Waals surface area contributed by atoms with Gasteiger partial charge in [0, 0.05) is 32.2 Å². The lowest BCUT2D eigenvalue weighted by Crippen LogP contribution is -2.15. The highest BCUT2D eigenvalue weighted by Crippen LogP contribution is 2.26. The van der Waals surface area contributed by atoms with E-state index in [-0.39, 0.29) is 0 Å².